The number of nitrogens with one attached hydrogen (secondary N) is 1. The Morgan fingerprint density at radius 1 is 1.25 bits per heavy atom. The van der Waals surface area contributed by atoms with Crippen molar-refractivity contribution in [2.45, 2.75) is 32.8 Å². The molecule has 0 aromatic heterocycles. The summed E-state index contributed by atoms with van der Waals surface area (Å²) in [5.41, 5.74) is -1.63. The molecule has 0 aliphatic rings. The van der Waals surface area contributed by atoms with Gasteiger partial charge in [0.2, 0.25) is 5.78 Å². The van der Waals surface area contributed by atoms with Crippen LogP contribution in [0.15, 0.2) is 18.2 Å². The number of carbonyl (C=O) groups is 2. The van der Waals surface area contributed by atoms with Crippen molar-refractivity contribution >= 4 is 17.6 Å². The van der Waals surface area contributed by atoms with Crippen LogP contribution in [0.1, 0.15) is 31.1 Å². The Morgan fingerprint density at radius 2 is 1.85 bits per heavy atom. The molecule has 0 aliphatic heterocycles. The summed E-state index contributed by atoms with van der Waals surface area (Å²) in [6.45, 7) is 4.84. The minimum Gasteiger partial charge on any atom is -0.444 e. The van der Waals surface area contributed by atoms with Crippen molar-refractivity contribution in [2.75, 3.05) is 5.32 Å². The van der Waals surface area contributed by atoms with Gasteiger partial charge in [0.15, 0.2) is 0 Å². The summed E-state index contributed by atoms with van der Waals surface area (Å²) in [5, 5.41) is 2.15. The van der Waals surface area contributed by atoms with Crippen LogP contribution in [0.3, 0.4) is 0 Å². The number of anilines is 1. The smallest absolute Gasteiger partial charge is 0.412 e. The van der Waals surface area contributed by atoms with Crippen molar-refractivity contribution in [3.05, 3.63) is 29.6 Å². The zero-order valence-corrected chi connectivity index (χ0v) is 11.2. The van der Waals surface area contributed by atoms with Crippen molar-refractivity contribution in [2.24, 2.45) is 0 Å². The van der Waals surface area contributed by atoms with Gasteiger partial charge in [0, 0.05) is 0 Å². The van der Waals surface area contributed by atoms with E-state index in [2.05, 4.69) is 5.32 Å². The molecule has 4 nitrogen and oxygen atoms in total. The molecule has 1 N–H and O–H groups in total. The molecule has 110 valence electrons. The van der Waals surface area contributed by atoms with E-state index in [0.29, 0.717) is 6.07 Å². The van der Waals surface area contributed by atoms with E-state index >= 15 is 0 Å². The van der Waals surface area contributed by atoms with E-state index in [9.17, 15) is 22.8 Å². The van der Waals surface area contributed by atoms with Crippen molar-refractivity contribution in [3.63, 3.8) is 0 Å². The molecule has 0 atom stereocenters. The number of hydrogen-bond acceptors (Lipinski definition) is 3. The molecule has 0 spiro atoms. The Kier molecular flexibility index (Phi) is 4.75. The average Bonchev–Trinajstić information content (AvgIpc) is 2.27. The summed E-state index contributed by atoms with van der Waals surface area (Å²) in [7, 11) is 0. The number of rotatable bonds is 3. The maximum atomic E-state index is 13.0. The molecular formula is C13H14F3NO3. The topological polar surface area (TPSA) is 55.4 Å². The Balaban J connectivity index is 3.01. The first-order valence-corrected chi connectivity index (χ1v) is 5.72. The fourth-order valence-electron chi connectivity index (χ4n) is 1.36. The molecule has 1 aromatic carbocycles. The van der Waals surface area contributed by atoms with Gasteiger partial charge in [-0.05, 0) is 39.0 Å². The van der Waals surface area contributed by atoms with Gasteiger partial charge in [0.05, 0.1) is 11.3 Å². The summed E-state index contributed by atoms with van der Waals surface area (Å²) in [6, 6.07) is 2.60. The maximum absolute atomic E-state index is 13.0. The highest BCUT2D eigenvalue weighted by atomic mass is 19.3. The van der Waals surface area contributed by atoms with Gasteiger partial charge in [-0.15, -0.1) is 0 Å². The van der Waals surface area contributed by atoms with Gasteiger partial charge < -0.3 is 4.74 Å². The lowest BCUT2D eigenvalue weighted by Gasteiger charge is -2.20. The van der Waals surface area contributed by atoms with Crippen LogP contribution in [0.25, 0.3) is 0 Å². The van der Waals surface area contributed by atoms with Crippen LogP contribution in [0.5, 0.6) is 0 Å². The van der Waals surface area contributed by atoms with E-state index in [4.69, 9.17) is 4.74 Å². The highest BCUT2D eigenvalue weighted by Gasteiger charge is 2.24. The third kappa shape index (κ3) is 4.56. The van der Waals surface area contributed by atoms with E-state index in [1.54, 1.807) is 20.8 Å². The van der Waals surface area contributed by atoms with Gasteiger partial charge in [-0.3, -0.25) is 10.1 Å². The Hall–Kier alpha value is -2.05. The Labute approximate surface area is 113 Å². The molecule has 0 saturated carbocycles. The largest absolute Gasteiger partial charge is 0.444 e. The second-order valence-electron chi connectivity index (χ2n) is 4.98. The van der Waals surface area contributed by atoms with Crippen LogP contribution >= 0.6 is 0 Å². The minimum absolute atomic E-state index is 0.231. The lowest BCUT2D eigenvalue weighted by molar-refractivity contribution is 0.0635. The molecule has 0 unspecified atom stereocenters. The van der Waals surface area contributed by atoms with Crippen molar-refractivity contribution in [1.82, 2.24) is 0 Å². The van der Waals surface area contributed by atoms with Crippen molar-refractivity contribution < 1.29 is 27.5 Å². The van der Waals surface area contributed by atoms with Gasteiger partial charge in [0.1, 0.15) is 11.4 Å². The van der Waals surface area contributed by atoms with Gasteiger partial charge in [-0.1, -0.05) is 0 Å². The maximum Gasteiger partial charge on any atom is 0.412 e. The van der Waals surface area contributed by atoms with Gasteiger partial charge >= 0.3 is 12.5 Å². The van der Waals surface area contributed by atoms with E-state index in [0.717, 1.165) is 12.1 Å². The number of carbonyl (C=O) groups excluding carboxylic acids is 2. The average molecular weight is 289 g/mol. The first kappa shape index (κ1) is 16.0. The second-order valence-corrected chi connectivity index (χ2v) is 4.98. The van der Waals surface area contributed by atoms with Crippen LogP contribution in [-0.4, -0.2) is 23.9 Å². The molecule has 0 radical (unpaired) electrons. The van der Waals surface area contributed by atoms with Gasteiger partial charge in [-0.2, -0.15) is 0 Å². The highest BCUT2D eigenvalue weighted by Crippen LogP contribution is 2.21. The van der Waals surface area contributed by atoms with Crippen LogP contribution in [-0.2, 0) is 4.74 Å². The fraction of sp³-hybridized carbons (Fsp3) is 0.385. The highest BCUT2D eigenvalue weighted by molar-refractivity contribution is 6.05. The molecule has 0 fully saturated rings. The molecular weight excluding hydrogens is 275 g/mol. The second kappa shape index (κ2) is 5.94. The lowest BCUT2D eigenvalue weighted by Crippen LogP contribution is -2.28. The zero-order valence-electron chi connectivity index (χ0n) is 11.2. The van der Waals surface area contributed by atoms with Crippen LogP contribution < -0.4 is 5.32 Å². The van der Waals surface area contributed by atoms with E-state index < -0.39 is 35.3 Å². The van der Waals surface area contributed by atoms with Crippen LogP contribution in [0.2, 0.25) is 0 Å². The van der Waals surface area contributed by atoms with Crippen LogP contribution in [0.4, 0.5) is 23.7 Å². The van der Waals surface area contributed by atoms with E-state index in [1.165, 1.54) is 0 Å². The number of hydrogen-bond donors (Lipinski definition) is 1. The molecule has 0 bridgehead atoms. The minimum atomic E-state index is -3.30. The van der Waals surface area contributed by atoms with Crippen LogP contribution in [0, 0.1) is 5.82 Å². The van der Waals surface area contributed by atoms with Crippen molar-refractivity contribution in [1.29, 1.82) is 0 Å². The molecule has 20 heavy (non-hydrogen) atoms. The number of Topliss-reactive ketones (excluding diaryl/α,β-unsaturated/α-hetero) is 1. The number of benzene rings is 1. The quantitative estimate of drug-likeness (QED) is 0.865. The summed E-state index contributed by atoms with van der Waals surface area (Å²) in [5.74, 6) is -2.43. The number of ketones is 1. The molecule has 7 heteroatoms. The predicted molar refractivity (Wildman–Crippen MR) is 66.6 cm³/mol. The first-order valence-electron chi connectivity index (χ1n) is 5.72. The third-order valence-corrected chi connectivity index (χ3v) is 2.08. The molecule has 1 rings (SSSR count). The SMILES string of the molecule is CC(C)(C)OC(=O)Nc1ccc(F)cc1C(=O)C(F)F. The standard InChI is InChI=1S/C13H14F3NO3/c1-13(2,3)20-12(19)17-9-5-4-7(14)6-8(9)10(18)11(15)16/h4-6,11H,1-3H3,(H,17,19). The summed E-state index contributed by atoms with van der Waals surface area (Å²) >= 11 is 0. The van der Waals surface area contributed by atoms with E-state index in [-0.39, 0.29) is 5.69 Å². The fourth-order valence-corrected chi connectivity index (χ4v) is 1.36. The summed E-state index contributed by atoms with van der Waals surface area (Å²) in [6.07, 6.45) is -4.22. The third-order valence-electron chi connectivity index (χ3n) is 2.08. The predicted octanol–water partition coefficient (Wildman–Crippen LogP) is 3.62. The van der Waals surface area contributed by atoms with Crippen molar-refractivity contribution in [3.8, 4) is 0 Å². The molecule has 0 heterocycles. The monoisotopic (exact) mass is 289 g/mol. The number of amides is 1. The zero-order chi connectivity index (χ0) is 15.5. The molecule has 0 saturated heterocycles. The summed E-state index contributed by atoms with van der Waals surface area (Å²) in [4.78, 5) is 22.8. The Bertz CT molecular complexity index is 524. The van der Waals surface area contributed by atoms with E-state index in [1.807, 2.05) is 0 Å². The number of halogens is 3. The molecule has 0 aliphatic carbocycles. The normalized spacial score (nSPS) is 11.3. The molecule has 1 amide bonds. The number of ether oxygens (including phenoxy) is 1. The first-order chi connectivity index (χ1) is 9.10. The number of alkyl halides is 2. The van der Waals surface area contributed by atoms with Gasteiger partial charge in [0.25, 0.3) is 0 Å². The lowest BCUT2D eigenvalue weighted by atomic mass is 10.1. The Morgan fingerprint density at radius 3 is 2.35 bits per heavy atom. The van der Waals surface area contributed by atoms with Gasteiger partial charge in [-0.25, -0.2) is 18.0 Å². The summed E-state index contributed by atoms with van der Waals surface area (Å²) < 4.78 is 42.8. The molecule has 1 aromatic rings.